The number of esters is 1. The predicted octanol–water partition coefficient (Wildman–Crippen LogP) is 5.41. The summed E-state index contributed by atoms with van der Waals surface area (Å²) in [5, 5.41) is 12.2. The Bertz CT molecular complexity index is 1360. The molecule has 0 N–H and O–H groups in total. The largest absolute Gasteiger partial charge is 0.457 e. The summed E-state index contributed by atoms with van der Waals surface area (Å²) in [7, 11) is 0. The van der Waals surface area contributed by atoms with E-state index >= 15 is 0 Å². The van der Waals surface area contributed by atoms with Crippen LogP contribution in [0.1, 0.15) is 21.5 Å². The van der Waals surface area contributed by atoms with E-state index in [9.17, 15) is 4.79 Å². The molecule has 5 rings (SSSR count). The first-order chi connectivity index (χ1) is 16.8. The van der Waals surface area contributed by atoms with E-state index in [1.165, 1.54) is 0 Å². The number of ether oxygens (including phenoxy) is 1. The monoisotopic (exact) mass is 446 g/mol. The molecule has 34 heavy (non-hydrogen) atoms. The molecule has 1 aromatic heterocycles. The number of aromatic nitrogens is 4. The second-order valence-electron chi connectivity index (χ2n) is 7.86. The van der Waals surface area contributed by atoms with E-state index in [1.807, 2.05) is 72.8 Å². The van der Waals surface area contributed by atoms with Crippen LogP contribution in [0.25, 0.3) is 22.5 Å². The van der Waals surface area contributed by atoms with E-state index in [4.69, 9.17) is 4.74 Å². The first kappa shape index (κ1) is 21.3. The van der Waals surface area contributed by atoms with E-state index in [1.54, 1.807) is 16.8 Å². The smallest absolute Gasteiger partial charge is 0.338 e. The Balaban J connectivity index is 1.25. The minimum Gasteiger partial charge on any atom is -0.457 e. The quantitative estimate of drug-likeness (QED) is 0.313. The third kappa shape index (κ3) is 4.91. The van der Waals surface area contributed by atoms with Gasteiger partial charge in [0.15, 0.2) is 5.82 Å². The van der Waals surface area contributed by atoms with Gasteiger partial charge in [0.1, 0.15) is 6.61 Å². The Kier molecular flexibility index (Phi) is 6.21. The van der Waals surface area contributed by atoms with Crippen LogP contribution < -0.4 is 0 Å². The molecule has 0 radical (unpaired) electrons. The van der Waals surface area contributed by atoms with Crippen LogP contribution in [0.15, 0.2) is 109 Å². The average molecular weight is 447 g/mol. The van der Waals surface area contributed by atoms with Gasteiger partial charge in [-0.25, -0.2) is 9.48 Å². The molecule has 1 heterocycles. The number of hydrogen-bond donors (Lipinski definition) is 0. The number of hydrogen-bond acceptors (Lipinski definition) is 5. The Hall–Kier alpha value is -4.58. The molecule has 0 bridgehead atoms. The Labute approximate surface area is 197 Å². The summed E-state index contributed by atoms with van der Waals surface area (Å²) < 4.78 is 7.21. The Morgan fingerprint density at radius 3 is 1.94 bits per heavy atom. The van der Waals surface area contributed by atoms with Gasteiger partial charge in [-0.15, -0.1) is 5.10 Å². The second kappa shape index (κ2) is 9.92. The van der Waals surface area contributed by atoms with Crippen LogP contribution in [0.4, 0.5) is 0 Å². The van der Waals surface area contributed by atoms with Crippen LogP contribution in [-0.2, 0) is 17.9 Å². The highest BCUT2D eigenvalue weighted by molar-refractivity contribution is 5.89. The highest BCUT2D eigenvalue weighted by Gasteiger charge is 2.10. The molecule has 0 fully saturated rings. The molecule has 0 aliphatic rings. The number of carbonyl (C=O) groups is 1. The summed E-state index contributed by atoms with van der Waals surface area (Å²) in [4.78, 5) is 12.1. The fourth-order valence-corrected chi connectivity index (χ4v) is 3.69. The number of carbonyl (C=O) groups excluding carboxylic acids is 1. The normalized spacial score (nSPS) is 10.7. The lowest BCUT2D eigenvalue weighted by Gasteiger charge is -2.08. The van der Waals surface area contributed by atoms with Crippen molar-refractivity contribution in [3.05, 3.63) is 126 Å². The summed E-state index contributed by atoms with van der Waals surface area (Å²) in [6.45, 7) is 0.845. The summed E-state index contributed by atoms with van der Waals surface area (Å²) >= 11 is 0. The molecular formula is C28H22N4O2. The van der Waals surface area contributed by atoms with Gasteiger partial charge >= 0.3 is 5.97 Å². The lowest BCUT2D eigenvalue weighted by Crippen LogP contribution is -2.04. The highest BCUT2D eigenvalue weighted by atomic mass is 16.5. The maximum Gasteiger partial charge on any atom is 0.338 e. The average Bonchev–Trinajstić information content (AvgIpc) is 3.37. The molecule has 6 heteroatoms. The molecule has 0 aliphatic heterocycles. The van der Waals surface area contributed by atoms with Crippen LogP contribution in [0.2, 0.25) is 0 Å². The zero-order chi connectivity index (χ0) is 23.2. The van der Waals surface area contributed by atoms with Crippen molar-refractivity contribution < 1.29 is 9.53 Å². The van der Waals surface area contributed by atoms with Gasteiger partial charge in [-0.2, -0.15) is 0 Å². The summed E-state index contributed by atoms with van der Waals surface area (Å²) in [5.74, 6) is 0.404. The van der Waals surface area contributed by atoms with Crippen LogP contribution in [0.5, 0.6) is 0 Å². The molecule has 0 saturated heterocycles. The standard InChI is InChI=1S/C28H22N4O2/c33-28(26-9-5-2-6-10-26)34-20-22-11-13-23(14-12-22)24-15-17-25(18-16-24)27-29-30-31-32(27)19-21-7-3-1-4-8-21/h1-18H,19-20H2. The van der Waals surface area contributed by atoms with Crippen LogP contribution in [-0.4, -0.2) is 26.2 Å². The summed E-state index contributed by atoms with van der Waals surface area (Å²) in [6.07, 6.45) is 0. The van der Waals surface area contributed by atoms with Gasteiger partial charge in [0.25, 0.3) is 0 Å². The van der Waals surface area contributed by atoms with E-state index in [2.05, 4.69) is 39.8 Å². The highest BCUT2D eigenvalue weighted by Crippen LogP contribution is 2.24. The fourth-order valence-electron chi connectivity index (χ4n) is 3.69. The lowest BCUT2D eigenvalue weighted by atomic mass is 10.0. The molecule has 4 aromatic carbocycles. The predicted molar refractivity (Wildman–Crippen MR) is 130 cm³/mol. The third-order valence-corrected chi connectivity index (χ3v) is 5.52. The maximum absolute atomic E-state index is 12.1. The molecule has 166 valence electrons. The van der Waals surface area contributed by atoms with Crippen molar-refractivity contribution in [3.63, 3.8) is 0 Å². The van der Waals surface area contributed by atoms with Crippen molar-refractivity contribution in [2.45, 2.75) is 13.2 Å². The molecular weight excluding hydrogens is 424 g/mol. The van der Waals surface area contributed by atoms with Crippen LogP contribution in [0, 0.1) is 0 Å². The Morgan fingerprint density at radius 2 is 1.26 bits per heavy atom. The molecule has 0 spiro atoms. The number of benzene rings is 4. The van der Waals surface area contributed by atoms with Gasteiger partial charge in [0, 0.05) is 5.56 Å². The Morgan fingerprint density at radius 1 is 0.676 bits per heavy atom. The molecule has 6 nitrogen and oxygen atoms in total. The molecule has 0 amide bonds. The lowest BCUT2D eigenvalue weighted by molar-refractivity contribution is 0.0472. The van der Waals surface area contributed by atoms with Gasteiger partial charge in [-0.3, -0.25) is 0 Å². The van der Waals surface area contributed by atoms with Crippen molar-refractivity contribution >= 4 is 5.97 Å². The molecule has 5 aromatic rings. The van der Waals surface area contributed by atoms with E-state index < -0.39 is 0 Å². The van der Waals surface area contributed by atoms with Crippen LogP contribution in [0.3, 0.4) is 0 Å². The second-order valence-corrected chi connectivity index (χ2v) is 7.86. The fraction of sp³-hybridized carbons (Fsp3) is 0.0714. The van der Waals surface area contributed by atoms with E-state index in [0.717, 1.165) is 33.6 Å². The zero-order valence-corrected chi connectivity index (χ0v) is 18.4. The summed E-state index contributed by atoms with van der Waals surface area (Å²) in [5.41, 5.74) is 5.74. The van der Waals surface area contributed by atoms with Gasteiger partial charge < -0.3 is 4.74 Å². The number of nitrogens with zero attached hydrogens (tertiary/aromatic N) is 4. The molecule has 0 atom stereocenters. The van der Waals surface area contributed by atoms with E-state index in [0.29, 0.717) is 12.1 Å². The first-order valence-corrected chi connectivity index (χ1v) is 11.0. The minimum atomic E-state index is -0.324. The van der Waals surface area contributed by atoms with Crippen molar-refractivity contribution in [2.75, 3.05) is 0 Å². The zero-order valence-electron chi connectivity index (χ0n) is 18.4. The maximum atomic E-state index is 12.1. The van der Waals surface area contributed by atoms with Crippen molar-refractivity contribution in [1.29, 1.82) is 0 Å². The van der Waals surface area contributed by atoms with Gasteiger partial charge in [-0.1, -0.05) is 97.1 Å². The van der Waals surface area contributed by atoms with Crippen molar-refractivity contribution in [2.24, 2.45) is 0 Å². The van der Waals surface area contributed by atoms with E-state index in [-0.39, 0.29) is 12.6 Å². The minimum absolute atomic E-state index is 0.233. The summed E-state index contributed by atoms with van der Waals surface area (Å²) in [6, 6.07) is 35.3. The van der Waals surface area contributed by atoms with Crippen LogP contribution >= 0.6 is 0 Å². The molecule has 0 saturated carbocycles. The van der Waals surface area contributed by atoms with Gasteiger partial charge in [0.2, 0.25) is 0 Å². The topological polar surface area (TPSA) is 69.9 Å². The van der Waals surface area contributed by atoms with Crippen molar-refractivity contribution in [3.8, 4) is 22.5 Å². The third-order valence-electron chi connectivity index (χ3n) is 5.52. The number of rotatable bonds is 7. The SMILES string of the molecule is O=C(OCc1ccc(-c2ccc(-c3nnnn3Cc3ccccc3)cc2)cc1)c1ccccc1. The molecule has 0 aliphatic carbocycles. The van der Waals surface area contributed by atoms with Crippen molar-refractivity contribution in [1.82, 2.24) is 20.2 Å². The van der Waals surface area contributed by atoms with Gasteiger partial charge in [-0.05, 0) is 44.8 Å². The molecule has 0 unspecified atom stereocenters. The number of tetrazole rings is 1. The first-order valence-electron chi connectivity index (χ1n) is 11.0. The van der Waals surface area contributed by atoms with Gasteiger partial charge in [0.05, 0.1) is 12.1 Å².